The average molecular weight is 497 g/mol. The van der Waals surface area contributed by atoms with Gasteiger partial charge in [0.2, 0.25) is 0 Å². The van der Waals surface area contributed by atoms with E-state index < -0.39 is 50.4 Å². The summed E-state index contributed by atoms with van der Waals surface area (Å²) in [5, 5.41) is 0. The molecule has 0 aliphatic carbocycles. The highest BCUT2D eigenvalue weighted by atomic mass is 28.5. The first kappa shape index (κ1) is 28.9. The van der Waals surface area contributed by atoms with Crippen LogP contribution in [0, 0.1) is 0 Å². The van der Waals surface area contributed by atoms with Crippen LogP contribution in [0.2, 0.25) is 104 Å². The molecule has 0 saturated heterocycles. The third kappa shape index (κ3) is 15.7. The first-order chi connectivity index (χ1) is 12.0. The van der Waals surface area contributed by atoms with Crippen molar-refractivity contribution in [2.24, 2.45) is 0 Å². The van der Waals surface area contributed by atoms with Gasteiger partial charge in [0, 0.05) is 0 Å². The summed E-state index contributed by atoms with van der Waals surface area (Å²) in [5.74, 6) is 0. The van der Waals surface area contributed by atoms with E-state index >= 15 is 0 Å². The maximum absolute atomic E-state index is 6.58. The fourth-order valence-electron chi connectivity index (χ4n) is 3.66. The van der Waals surface area contributed by atoms with Crippen LogP contribution < -0.4 is 0 Å². The topological polar surface area (TPSA) is 36.9 Å². The summed E-state index contributed by atoms with van der Waals surface area (Å²) in [7, 11) is -10.8. The van der Waals surface area contributed by atoms with Crippen molar-refractivity contribution in [2.75, 3.05) is 0 Å². The molecule has 0 unspecified atom stereocenters. The molecule has 10 heteroatoms. The molecule has 0 atom stereocenters. The molecule has 168 valence electrons. The second-order valence-corrected chi connectivity index (χ2v) is 37.0. The fraction of sp³-hybridized carbons (Fsp3) is 0.889. The molecule has 0 saturated carbocycles. The quantitative estimate of drug-likeness (QED) is 0.213. The van der Waals surface area contributed by atoms with Crippen LogP contribution in [0.5, 0.6) is 0 Å². The Labute approximate surface area is 182 Å². The summed E-state index contributed by atoms with van der Waals surface area (Å²) >= 11 is 0. The van der Waals surface area contributed by atoms with E-state index in [4.69, 9.17) is 16.5 Å². The Morgan fingerprint density at radius 2 is 0.679 bits per heavy atom. The standard InChI is InChI=1S/C18H48O4Si6/c1-23(2,3)19-27(11,12)21-25(7,8)17-15-16-18-26(9,10)22-28(13,14)20-24(4,5)6/h15-16H,17-18H2,1-14H3. The lowest BCUT2D eigenvalue weighted by Crippen LogP contribution is -2.51. The van der Waals surface area contributed by atoms with E-state index in [9.17, 15) is 0 Å². The third-order valence-corrected chi connectivity index (χ3v) is 23.2. The molecule has 0 aliphatic rings. The van der Waals surface area contributed by atoms with E-state index in [-0.39, 0.29) is 0 Å². The number of hydrogen-bond donors (Lipinski definition) is 0. The second kappa shape index (κ2) is 10.0. The number of rotatable bonds is 12. The molecule has 0 radical (unpaired) electrons. The highest BCUT2D eigenvalue weighted by Crippen LogP contribution is 2.25. The molecule has 0 rings (SSSR count). The van der Waals surface area contributed by atoms with Gasteiger partial charge >= 0.3 is 17.1 Å². The van der Waals surface area contributed by atoms with Crippen molar-refractivity contribution >= 4 is 50.4 Å². The van der Waals surface area contributed by atoms with Crippen LogP contribution in [0.1, 0.15) is 0 Å². The van der Waals surface area contributed by atoms with Gasteiger partial charge in [0.1, 0.15) is 0 Å². The predicted molar refractivity (Wildman–Crippen MR) is 140 cm³/mol. The van der Waals surface area contributed by atoms with Crippen LogP contribution in [-0.2, 0) is 16.5 Å². The van der Waals surface area contributed by atoms with Crippen molar-refractivity contribution in [3.8, 4) is 0 Å². The zero-order valence-corrected chi connectivity index (χ0v) is 27.2. The van der Waals surface area contributed by atoms with Gasteiger partial charge in [0.15, 0.2) is 33.3 Å². The van der Waals surface area contributed by atoms with Crippen molar-refractivity contribution < 1.29 is 16.5 Å². The first-order valence-electron chi connectivity index (χ1n) is 10.5. The Hall–Kier alpha value is 0.881. The van der Waals surface area contributed by atoms with Crippen LogP contribution in [0.25, 0.3) is 0 Å². The van der Waals surface area contributed by atoms with Gasteiger partial charge in [-0.3, -0.25) is 0 Å². The largest absolute Gasteiger partial charge is 0.437 e. The van der Waals surface area contributed by atoms with Crippen LogP contribution in [0.15, 0.2) is 12.2 Å². The van der Waals surface area contributed by atoms with Crippen molar-refractivity contribution in [3.05, 3.63) is 12.2 Å². The van der Waals surface area contributed by atoms with E-state index in [0.717, 1.165) is 12.1 Å². The normalized spacial score (nSPS) is 15.5. The van der Waals surface area contributed by atoms with Gasteiger partial charge < -0.3 is 16.5 Å². The number of allylic oxidation sites excluding steroid dienone is 2. The highest BCUT2D eigenvalue weighted by molar-refractivity contribution is 6.88. The van der Waals surface area contributed by atoms with E-state index in [0.29, 0.717) is 0 Å². The molecular weight excluding hydrogens is 449 g/mol. The molecule has 0 N–H and O–H groups in total. The van der Waals surface area contributed by atoms with E-state index in [1.165, 1.54) is 0 Å². The minimum absolute atomic E-state index is 1.02. The van der Waals surface area contributed by atoms with Crippen molar-refractivity contribution in [1.29, 1.82) is 0 Å². The Balaban J connectivity index is 4.72. The van der Waals surface area contributed by atoms with E-state index in [1.54, 1.807) is 0 Å². The summed E-state index contributed by atoms with van der Waals surface area (Å²) in [5.41, 5.74) is 0. The smallest absolute Gasteiger partial charge is 0.311 e. The molecule has 0 heterocycles. The Bertz CT molecular complexity index is 473. The van der Waals surface area contributed by atoms with Crippen LogP contribution in [-0.4, -0.2) is 50.4 Å². The van der Waals surface area contributed by atoms with Gasteiger partial charge in [0.05, 0.1) is 0 Å². The molecule has 0 aromatic rings. The van der Waals surface area contributed by atoms with Crippen LogP contribution >= 0.6 is 0 Å². The molecule has 0 fully saturated rings. The first-order valence-corrected chi connectivity index (χ1v) is 29.2. The second-order valence-electron chi connectivity index (χ2n) is 11.8. The molecule has 4 nitrogen and oxygen atoms in total. The average Bonchev–Trinajstić information content (AvgIpc) is 2.24. The molecule has 0 aromatic heterocycles. The van der Waals surface area contributed by atoms with Gasteiger partial charge in [0.25, 0.3) is 0 Å². The molecular formula is C18H48O4Si6. The van der Waals surface area contributed by atoms with Crippen LogP contribution in [0.4, 0.5) is 0 Å². The lowest BCUT2D eigenvalue weighted by molar-refractivity contribution is 0.391. The lowest BCUT2D eigenvalue weighted by atomic mass is 10.6. The van der Waals surface area contributed by atoms with Crippen molar-refractivity contribution in [1.82, 2.24) is 0 Å². The van der Waals surface area contributed by atoms with Crippen molar-refractivity contribution in [3.63, 3.8) is 0 Å². The fourth-order valence-corrected chi connectivity index (χ4v) is 29.3. The summed E-state index contributed by atoms with van der Waals surface area (Å²) < 4.78 is 25.9. The Morgan fingerprint density at radius 3 is 0.893 bits per heavy atom. The number of hydrogen-bond acceptors (Lipinski definition) is 4. The lowest BCUT2D eigenvalue weighted by Gasteiger charge is -2.37. The monoisotopic (exact) mass is 496 g/mol. The van der Waals surface area contributed by atoms with Gasteiger partial charge in [-0.2, -0.15) is 0 Å². The summed E-state index contributed by atoms with van der Waals surface area (Å²) in [6.07, 6.45) is 4.63. The molecule has 28 heavy (non-hydrogen) atoms. The van der Waals surface area contributed by atoms with Gasteiger partial charge in [-0.15, -0.1) is 0 Å². The van der Waals surface area contributed by atoms with Crippen molar-refractivity contribution in [2.45, 2.75) is 104 Å². The minimum Gasteiger partial charge on any atom is -0.437 e. The SMILES string of the molecule is C[Si](C)(C)O[Si](C)(C)O[Si](C)(C)CC=CC[Si](C)(C)O[Si](C)(C)O[Si](C)(C)C. The van der Waals surface area contributed by atoms with E-state index in [2.05, 4.69) is 104 Å². The predicted octanol–water partition coefficient (Wildman–Crippen LogP) is 7.09. The van der Waals surface area contributed by atoms with Gasteiger partial charge in [-0.1, -0.05) is 12.2 Å². The van der Waals surface area contributed by atoms with E-state index in [1.807, 2.05) is 0 Å². The zero-order valence-electron chi connectivity index (χ0n) is 21.2. The molecule has 0 aromatic carbocycles. The third-order valence-electron chi connectivity index (χ3n) is 3.53. The Morgan fingerprint density at radius 1 is 0.429 bits per heavy atom. The molecule has 0 amide bonds. The maximum Gasteiger partial charge on any atom is 0.311 e. The summed E-state index contributed by atoms with van der Waals surface area (Å²) in [4.78, 5) is 0. The molecule has 0 aliphatic heterocycles. The minimum atomic E-state index is -2.06. The molecule has 0 spiro atoms. The van der Waals surface area contributed by atoms with Gasteiger partial charge in [-0.05, 0) is 104 Å². The Kier molecular flexibility index (Phi) is 10.3. The highest BCUT2D eigenvalue weighted by Gasteiger charge is 2.38. The molecule has 0 bridgehead atoms. The maximum atomic E-state index is 6.58. The summed E-state index contributed by atoms with van der Waals surface area (Å²) in [6.45, 7) is 31.4. The zero-order chi connectivity index (χ0) is 22.7. The summed E-state index contributed by atoms with van der Waals surface area (Å²) in [6, 6.07) is 2.05. The van der Waals surface area contributed by atoms with Crippen LogP contribution in [0.3, 0.4) is 0 Å². The van der Waals surface area contributed by atoms with Gasteiger partial charge in [-0.25, -0.2) is 0 Å².